The topological polar surface area (TPSA) is 117 Å². The molecule has 0 saturated carbocycles. The number of unbranched alkanes of at least 4 members (excludes halogenated alkanes) is 11. The lowest BCUT2D eigenvalue weighted by atomic mass is 10.1. The number of carbonyl (C=O) groups is 1. The first-order valence-electron chi connectivity index (χ1n) is 20.8. The quantitative estimate of drug-likeness (QED) is 0.0209. The van der Waals surface area contributed by atoms with Gasteiger partial charge >= 0.3 is 13.8 Å². The molecule has 308 valence electrons. The van der Waals surface area contributed by atoms with Crippen LogP contribution in [0.1, 0.15) is 149 Å². The van der Waals surface area contributed by atoms with Crippen molar-refractivity contribution in [3.63, 3.8) is 0 Å². The van der Waals surface area contributed by atoms with Gasteiger partial charge in [0.25, 0.3) is 0 Å². The molecule has 0 rings (SSSR count). The minimum absolute atomic E-state index is 0.0849. The number of allylic oxidation sites excluding steroid dienone is 15. The molecular weight excluding hydrogens is 697 g/mol. The Morgan fingerprint density at radius 3 is 1.57 bits per heavy atom. The number of esters is 1. The number of hydrogen-bond donors (Lipinski definition) is 2. The van der Waals surface area contributed by atoms with Gasteiger partial charge in [0.05, 0.1) is 19.5 Å². The zero-order valence-corrected chi connectivity index (χ0v) is 34.8. The van der Waals surface area contributed by atoms with Crippen LogP contribution in [0.15, 0.2) is 97.4 Å². The monoisotopic (exact) mass is 774 g/mol. The van der Waals surface area contributed by atoms with E-state index in [4.69, 9.17) is 24.3 Å². The van der Waals surface area contributed by atoms with Gasteiger partial charge in [0.2, 0.25) is 0 Å². The van der Waals surface area contributed by atoms with Gasteiger partial charge in [-0.1, -0.05) is 144 Å². The summed E-state index contributed by atoms with van der Waals surface area (Å²) >= 11 is 0. The average molecular weight is 774 g/mol. The Morgan fingerprint density at radius 2 is 1.06 bits per heavy atom. The summed E-state index contributed by atoms with van der Waals surface area (Å²) in [6, 6.07) is 0. The van der Waals surface area contributed by atoms with Crippen molar-refractivity contribution in [1.29, 1.82) is 0 Å². The van der Waals surface area contributed by atoms with Crippen molar-refractivity contribution in [1.82, 2.24) is 0 Å². The molecule has 0 aromatic carbocycles. The maximum atomic E-state index is 12.4. The standard InChI is InChI=1S/C45H76NO7P/c1-3-5-7-9-11-13-15-17-19-21-22-23-24-26-28-30-32-34-36-38-45(47)51-42-44(43-53-54(48,49)52-41-39-46)50-40-37-35-33-31-29-27-25-20-18-16-14-12-10-8-6-4-2/h5,7,11,13-14,16-17,19,22-23,26,28,32,34,37,40,44H,3-4,6,8-10,12,15,18,20-21,24-25,27,29-31,33,35-36,38-39,41-43,46H2,1-2H3,(H,48,49). The molecule has 0 aliphatic carbocycles. The van der Waals surface area contributed by atoms with Crippen LogP contribution in [-0.2, 0) is 27.9 Å². The molecule has 0 heterocycles. The van der Waals surface area contributed by atoms with Crippen LogP contribution in [0.2, 0.25) is 0 Å². The Balaban J connectivity index is 4.26. The summed E-state index contributed by atoms with van der Waals surface area (Å²) in [4.78, 5) is 22.2. The van der Waals surface area contributed by atoms with Gasteiger partial charge in [-0.3, -0.25) is 13.8 Å². The molecule has 0 radical (unpaired) electrons. The number of phosphoric ester groups is 1. The molecule has 3 N–H and O–H groups in total. The summed E-state index contributed by atoms with van der Waals surface area (Å²) in [5.41, 5.74) is 5.35. The zero-order valence-electron chi connectivity index (χ0n) is 33.9. The Kier molecular flexibility index (Phi) is 39.3. The minimum Gasteiger partial charge on any atom is -0.492 e. The van der Waals surface area contributed by atoms with Crippen molar-refractivity contribution in [3.8, 4) is 0 Å². The van der Waals surface area contributed by atoms with Crippen molar-refractivity contribution < 1.29 is 32.8 Å². The van der Waals surface area contributed by atoms with Gasteiger partial charge in [0.1, 0.15) is 6.61 Å². The number of nitrogens with two attached hydrogens (primary N) is 1. The average Bonchev–Trinajstić information content (AvgIpc) is 3.16. The van der Waals surface area contributed by atoms with E-state index in [1.54, 1.807) is 6.26 Å². The van der Waals surface area contributed by atoms with Gasteiger partial charge in [-0.05, 0) is 89.5 Å². The number of rotatable bonds is 38. The molecule has 0 saturated heterocycles. The summed E-state index contributed by atoms with van der Waals surface area (Å²) in [5, 5.41) is 0. The summed E-state index contributed by atoms with van der Waals surface area (Å²) < 4.78 is 33.1. The fourth-order valence-corrected chi connectivity index (χ4v) is 5.76. The van der Waals surface area contributed by atoms with Gasteiger partial charge < -0.3 is 20.1 Å². The minimum atomic E-state index is -4.29. The molecule has 2 atom stereocenters. The Morgan fingerprint density at radius 1 is 0.593 bits per heavy atom. The summed E-state index contributed by atoms with van der Waals surface area (Å²) in [7, 11) is -4.29. The third kappa shape index (κ3) is 40.4. The molecular formula is C45H76NO7P. The van der Waals surface area contributed by atoms with E-state index < -0.39 is 13.9 Å². The smallest absolute Gasteiger partial charge is 0.472 e. The lowest BCUT2D eigenvalue weighted by Crippen LogP contribution is -2.25. The summed E-state index contributed by atoms with van der Waals surface area (Å²) in [6.45, 7) is 3.97. The lowest BCUT2D eigenvalue weighted by Gasteiger charge is -2.19. The molecule has 0 aromatic heterocycles. The first kappa shape index (κ1) is 51.3. The van der Waals surface area contributed by atoms with Gasteiger partial charge in [-0.25, -0.2) is 4.57 Å². The van der Waals surface area contributed by atoms with Gasteiger partial charge in [-0.15, -0.1) is 0 Å². The molecule has 0 bridgehead atoms. The summed E-state index contributed by atoms with van der Waals surface area (Å²) in [5.74, 6) is -0.378. The Labute approximate surface area is 330 Å². The predicted octanol–water partition coefficient (Wildman–Crippen LogP) is 12.6. The third-order valence-electron chi connectivity index (χ3n) is 8.09. The van der Waals surface area contributed by atoms with E-state index in [2.05, 4.69) is 86.8 Å². The normalized spacial score (nSPS) is 14.4. The number of phosphoric acid groups is 1. The third-order valence-corrected chi connectivity index (χ3v) is 9.07. The van der Waals surface area contributed by atoms with Crippen LogP contribution < -0.4 is 5.73 Å². The molecule has 0 spiro atoms. The van der Waals surface area contributed by atoms with Crippen molar-refractivity contribution in [2.24, 2.45) is 5.73 Å². The second-order valence-corrected chi connectivity index (χ2v) is 14.6. The molecule has 0 aliphatic rings. The first-order chi connectivity index (χ1) is 26.4. The largest absolute Gasteiger partial charge is 0.492 e. The Bertz CT molecular complexity index is 1140. The van der Waals surface area contributed by atoms with Crippen molar-refractivity contribution in [2.45, 2.75) is 155 Å². The maximum absolute atomic E-state index is 12.4. The van der Waals surface area contributed by atoms with Crippen molar-refractivity contribution in [3.05, 3.63) is 97.4 Å². The van der Waals surface area contributed by atoms with Crippen LogP contribution in [0, 0.1) is 0 Å². The van der Waals surface area contributed by atoms with Crippen LogP contribution in [0.4, 0.5) is 0 Å². The van der Waals surface area contributed by atoms with Crippen molar-refractivity contribution in [2.75, 3.05) is 26.4 Å². The number of ether oxygens (including phenoxy) is 2. The van der Waals surface area contributed by atoms with E-state index in [1.807, 2.05) is 18.2 Å². The number of carbonyl (C=O) groups excluding carboxylic acids is 1. The van der Waals surface area contributed by atoms with Gasteiger partial charge in [-0.2, -0.15) is 0 Å². The number of hydrogen-bond acceptors (Lipinski definition) is 7. The van der Waals surface area contributed by atoms with E-state index in [-0.39, 0.29) is 38.8 Å². The summed E-state index contributed by atoms with van der Waals surface area (Å²) in [6.07, 6.45) is 55.4. The van der Waals surface area contributed by atoms with Crippen LogP contribution in [-0.4, -0.2) is 43.3 Å². The second kappa shape index (κ2) is 41.4. The van der Waals surface area contributed by atoms with Crippen LogP contribution in [0.3, 0.4) is 0 Å². The van der Waals surface area contributed by atoms with Crippen LogP contribution >= 0.6 is 7.82 Å². The zero-order chi connectivity index (χ0) is 39.5. The van der Waals surface area contributed by atoms with E-state index in [9.17, 15) is 14.3 Å². The van der Waals surface area contributed by atoms with Gasteiger partial charge in [0, 0.05) is 13.0 Å². The highest BCUT2D eigenvalue weighted by atomic mass is 31.2. The second-order valence-electron chi connectivity index (χ2n) is 13.2. The highest BCUT2D eigenvalue weighted by Crippen LogP contribution is 2.43. The lowest BCUT2D eigenvalue weighted by molar-refractivity contribution is -0.147. The molecule has 8 nitrogen and oxygen atoms in total. The van der Waals surface area contributed by atoms with E-state index >= 15 is 0 Å². The van der Waals surface area contributed by atoms with Crippen LogP contribution in [0.5, 0.6) is 0 Å². The van der Waals surface area contributed by atoms with Gasteiger partial charge in [0.15, 0.2) is 6.10 Å². The molecule has 0 aliphatic heterocycles. The molecule has 54 heavy (non-hydrogen) atoms. The fourth-order valence-electron chi connectivity index (χ4n) is 5.00. The maximum Gasteiger partial charge on any atom is 0.472 e. The molecule has 9 heteroatoms. The molecule has 0 amide bonds. The van der Waals surface area contributed by atoms with Crippen LogP contribution in [0.25, 0.3) is 0 Å². The Hall–Kier alpha value is -2.74. The first-order valence-corrected chi connectivity index (χ1v) is 22.3. The molecule has 0 fully saturated rings. The predicted molar refractivity (Wildman–Crippen MR) is 228 cm³/mol. The molecule has 0 aromatic rings. The van der Waals surface area contributed by atoms with E-state index in [0.717, 1.165) is 57.8 Å². The fraction of sp³-hybridized carbons (Fsp3) is 0.622. The van der Waals surface area contributed by atoms with Crippen molar-refractivity contribution >= 4 is 13.8 Å². The highest BCUT2D eigenvalue weighted by molar-refractivity contribution is 7.47. The van der Waals surface area contributed by atoms with E-state index in [1.165, 1.54) is 64.2 Å². The SMILES string of the molecule is CCC=CCC=CCC=CCC=CCC=CCC=CCCC(=O)OCC(COP(=O)(O)OCCN)OC=CCCCCCCCCC=CCCCCCC. The highest BCUT2D eigenvalue weighted by Gasteiger charge is 2.24. The molecule has 2 unspecified atom stereocenters. The van der Waals surface area contributed by atoms with E-state index in [0.29, 0.717) is 6.42 Å².